The minimum atomic E-state index is 0.210. The van der Waals surface area contributed by atoms with E-state index in [1.807, 2.05) is 0 Å². The Bertz CT molecular complexity index is 307. The molecule has 2 rings (SSSR count). The van der Waals surface area contributed by atoms with Crippen LogP contribution in [0.5, 0.6) is 0 Å². The summed E-state index contributed by atoms with van der Waals surface area (Å²) in [6, 6.07) is 0. The topological polar surface area (TPSA) is 36.9 Å². The van der Waals surface area contributed by atoms with E-state index in [0.717, 1.165) is 38.1 Å². The first-order valence-corrected chi connectivity index (χ1v) is 9.97. The molecule has 1 atom stereocenters. The van der Waals surface area contributed by atoms with Gasteiger partial charge in [-0.05, 0) is 76.5 Å². The van der Waals surface area contributed by atoms with Crippen LogP contribution >= 0.6 is 0 Å². The van der Waals surface area contributed by atoms with Crippen LogP contribution in [0.2, 0.25) is 0 Å². The Morgan fingerprint density at radius 2 is 1.29 bits per heavy atom. The Morgan fingerprint density at radius 3 is 1.79 bits per heavy atom. The van der Waals surface area contributed by atoms with Gasteiger partial charge >= 0.3 is 0 Å². The molecule has 2 saturated carbocycles. The average molecular weight is 343 g/mol. The molecule has 24 heavy (non-hydrogen) atoms. The quantitative estimate of drug-likeness (QED) is 0.557. The Balaban J connectivity index is 1.57. The van der Waals surface area contributed by atoms with Crippen LogP contribution in [0.25, 0.3) is 0 Å². The van der Waals surface area contributed by atoms with E-state index in [4.69, 9.17) is 18.9 Å². The van der Waals surface area contributed by atoms with Gasteiger partial charge in [-0.2, -0.15) is 0 Å². The molecule has 0 amide bonds. The number of rotatable bonds is 10. The van der Waals surface area contributed by atoms with Gasteiger partial charge in [-0.1, -0.05) is 0 Å². The predicted molar refractivity (Wildman–Crippen MR) is 96.4 cm³/mol. The summed E-state index contributed by atoms with van der Waals surface area (Å²) in [6.07, 6.45) is 12.5. The first-order valence-electron chi connectivity index (χ1n) is 9.97. The van der Waals surface area contributed by atoms with Crippen molar-refractivity contribution in [1.82, 2.24) is 0 Å². The van der Waals surface area contributed by atoms with E-state index >= 15 is 0 Å². The standard InChI is InChI=1S/C20H38O4/c1-16(22-3)15-24-20-11-7-18(8-12-20)17-5-9-19(10-6-17)23-14-4-13-21-2/h16-20H,4-15H2,1-3H3. The lowest BCUT2D eigenvalue weighted by Crippen LogP contribution is -2.31. The van der Waals surface area contributed by atoms with Crippen LogP contribution in [0.3, 0.4) is 0 Å². The van der Waals surface area contributed by atoms with Crippen LogP contribution in [-0.4, -0.2) is 52.4 Å². The second kappa shape index (κ2) is 11.5. The van der Waals surface area contributed by atoms with Crippen LogP contribution < -0.4 is 0 Å². The largest absolute Gasteiger partial charge is 0.385 e. The van der Waals surface area contributed by atoms with Crippen molar-refractivity contribution < 1.29 is 18.9 Å². The predicted octanol–water partition coefficient (Wildman–Crippen LogP) is 4.21. The summed E-state index contributed by atoms with van der Waals surface area (Å²) in [7, 11) is 3.51. The van der Waals surface area contributed by atoms with Crippen LogP contribution in [0.4, 0.5) is 0 Å². The fourth-order valence-electron chi connectivity index (χ4n) is 4.25. The van der Waals surface area contributed by atoms with E-state index < -0.39 is 0 Å². The molecule has 0 aliphatic heterocycles. The van der Waals surface area contributed by atoms with Crippen molar-refractivity contribution in [2.75, 3.05) is 34.0 Å². The maximum absolute atomic E-state index is 6.00. The highest BCUT2D eigenvalue weighted by atomic mass is 16.5. The van der Waals surface area contributed by atoms with E-state index in [2.05, 4.69) is 6.92 Å². The van der Waals surface area contributed by atoms with Gasteiger partial charge in [0.05, 0.1) is 24.9 Å². The second-order valence-corrected chi connectivity index (χ2v) is 7.67. The summed E-state index contributed by atoms with van der Waals surface area (Å²) in [6.45, 7) is 4.47. The van der Waals surface area contributed by atoms with Gasteiger partial charge in [-0.15, -0.1) is 0 Å². The van der Waals surface area contributed by atoms with E-state index in [-0.39, 0.29) is 6.10 Å². The SMILES string of the molecule is COCCCOC1CCC(C2CCC(OCC(C)OC)CC2)CC1. The smallest absolute Gasteiger partial charge is 0.0776 e. The molecule has 0 spiro atoms. The highest BCUT2D eigenvalue weighted by molar-refractivity contribution is 4.82. The third-order valence-electron chi connectivity index (χ3n) is 5.92. The molecule has 0 N–H and O–H groups in total. The summed E-state index contributed by atoms with van der Waals surface area (Å²) in [4.78, 5) is 0. The molecule has 0 aromatic carbocycles. The Hall–Kier alpha value is -0.160. The third kappa shape index (κ3) is 6.99. The van der Waals surface area contributed by atoms with Crippen LogP contribution in [0.15, 0.2) is 0 Å². The molecule has 142 valence electrons. The minimum Gasteiger partial charge on any atom is -0.385 e. The van der Waals surface area contributed by atoms with Crippen molar-refractivity contribution in [3.8, 4) is 0 Å². The van der Waals surface area contributed by atoms with Gasteiger partial charge < -0.3 is 18.9 Å². The van der Waals surface area contributed by atoms with Gasteiger partial charge in [0.25, 0.3) is 0 Å². The molecule has 0 radical (unpaired) electrons. The zero-order valence-corrected chi connectivity index (χ0v) is 16.0. The summed E-state index contributed by atoms with van der Waals surface area (Å²) >= 11 is 0. The van der Waals surface area contributed by atoms with Gasteiger partial charge in [0.1, 0.15) is 0 Å². The molecule has 1 unspecified atom stereocenters. The number of ether oxygens (including phenoxy) is 4. The zero-order valence-electron chi connectivity index (χ0n) is 16.0. The highest BCUT2D eigenvalue weighted by Gasteiger charge is 2.31. The molecule has 0 bridgehead atoms. The Kier molecular flexibility index (Phi) is 9.62. The average Bonchev–Trinajstić information content (AvgIpc) is 2.64. The second-order valence-electron chi connectivity index (χ2n) is 7.67. The molecule has 2 fully saturated rings. The first-order chi connectivity index (χ1) is 11.7. The lowest BCUT2D eigenvalue weighted by atomic mass is 9.72. The fourth-order valence-corrected chi connectivity index (χ4v) is 4.25. The van der Waals surface area contributed by atoms with Crippen LogP contribution in [0.1, 0.15) is 64.7 Å². The van der Waals surface area contributed by atoms with Crippen molar-refractivity contribution in [3.05, 3.63) is 0 Å². The maximum Gasteiger partial charge on any atom is 0.0776 e. The Morgan fingerprint density at radius 1 is 0.750 bits per heavy atom. The Labute approximate surface area is 148 Å². The van der Waals surface area contributed by atoms with E-state index in [1.165, 1.54) is 51.4 Å². The summed E-state index contributed by atoms with van der Waals surface area (Å²) < 4.78 is 22.3. The number of hydrogen-bond acceptors (Lipinski definition) is 4. The zero-order chi connectivity index (χ0) is 17.2. The van der Waals surface area contributed by atoms with Crippen molar-refractivity contribution in [2.45, 2.75) is 83.0 Å². The van der Waals surface area contributed by atoms with Crippen molar-refractivity contribution in [1.29, 1.82) is 0 Å². The summed E-state index contributed by atoms with van der Waals surface area (Å²) in [5, 5.41) is 0. The molecule has 0 heterocycles. The maximum atomic E-state index is 6.00. The van der Waals surface area contributed by atoms with Crippen molar-refractivity contribution in [3.63, 3.8) is 0 Å². The van der Waals surface area contributed by atoms with E-state index in [1.54, 1.807) is 14.2 Å². The van der Waals surface area contributed by atoms with E-state index in [9.17, 15) is 0 Å². The van der Waals surface area contributed by atoms with Crippen LogP contribution in [0, 0.1) is 11.8 Å². The van der Waals surface area contributed by atoms with E-state index in [0.29, 0.717) is 12.2 Å². The first kappa shape index (κ1) is 20.2. The number of methoxy groups -OCH3 is 2. The minimum absolute atomic E-state index is 0.210. The molecule has 0 aromatic rings. The lowest BCUT2D eigenvalue weighted by molar-refractivity contribution is -0.0448. The highest BCUT2D eigenvalue weighted by Crippen LogP contribution is 2.39. The molecule has 4 nitrogen and oxygen atoms in total. The summed E-state index contributed by atoms with van der Waals surface area (Å²) in [5.74, 6) is 1.84. The van der Waals surface area contributed by atoms with Gasteiger partial charge in [-0.3, -0.25) is 0 Å². The van der Waals surface area contributed by atoms with Gasteiger partial charge in [0.2, 0.25) is 0 Å². The fraction of sp³-hybridized carbons (Fsp3) is 1.00. The third-order valence-corrected chi connectivity index (χ3v) is 5.92. The van der Waals surface area contributed by atoms with Gasteiger partial charge in [0, 0.05) is 27.4 Å². The van der Waals surface area contributed by atoms with Gasteiger partial charge in [0.15, 0.2) is 0 Å². The van der Waals surface area contributed by atoms with Crippen molar-refractivity contribution in [2.24, 2.45) is 11.8 Å². The lowest BCUT2D eigenvalue weighted by Gasteiger charge is -2.37. The molecule has 4 heteroatoms. The number of hydrogen-bond donors (Lipinski definition) is 0. The molecule has 2 aliphatic carbocycles. The van der Waals surface area contributed by atoms with Crippen molar-refractivity contribution >= 4 is 0 Å². The molecule has 0 saturated heterocycles. The molecule has 2 aliphatic rings. The molecular weight excluding hydrogens is 304 g/mol. The summed E-state index contributed by atoms with van der Waals surface area (Å²) in [5.41, 5.74) is 0. The van der Waals surface area contributed by atoms with Crippen LogP contribution in [-0.2, 0) is 18.9 Å². The normalized spacial score (nSPS) is 32.6. The monoisotopic (exact) mass is 342 g/mol. The van der Waals surface area contributed by atoms with Gasteiger partial charge in [-0.25, -0.2) is 0 Å². The molecule has 0 aromatic heterocycles. The molecular formula is C20H38O4.